The van der Waals surface area contributed by atoms with E-state index < -0.39 is 48.5 Å². The first kappa shape index (κ1) is 22.0. The maximum Gasteiger partial charge on any atom is 0.586 e. The van der Waals surface area contributed by atoms with Gasteiger partial charge in [0.05, 0.1) is 31.5 Å². The predicted octanol–water partition coefficient (Wildman–Crippen LogP) is 4.99. The van der Waals surface area contributed by atoms with Gasteiger partial charge >= 0.3 is 6.29 Å². The molecule has 0 spiro atoms. The number of aromatic nitrogens is 1. The van der Waals surface area contributed by atoms with Crippen LogP contribution in [0.15, 0.2) is 36.4 Å². The summed E-state index contributed by atoms with van der Waals surface area (Å²) < 4.78 is 77.5. The number of hydrogen-bond acceptors (Lipinski definition) is 5. The molecule has 2 heterocycles. The number of hydrogen-bond donors (Lipinski definition) is 2. The summed E-state index contributed by atoms with van der Waals surface area (Å²) in [5, 5.41) is 20.2. The van der Waals surface area contributed by atoms with E-state index in [1.165, 1.54) is 41.8 Å². The molecule has 0 amide bonds. The van der Waals surface area contributed by atoms with Gasteiger partial charge in [0.1, 0.15) is 11.6 Å². The minimum Gasteiger partial charge on any atom is -0.395 e. The maximum absolute atomic E-state index is 15.5. The average molecular weight is 521 g/mol. The van der Waals surface area contributed by atoms with Crippen molar-refractivity contribution < 1.29 is 41.8 Å². The number of fused-ring (bicyclic) bond motifs is 2. The maximum atomic E-state index is 15.5. The molecule has 2 aromatic carbocycles. The van der Waals surface area contributed by atoms with E-state index in [1.54, 1.807) is 19.9 Å². The van der Waals surface area contributed by atoms with Crippen molar-refractivity contribution in [2.45, 2.75) is 76.2 Å². The summed E-state index contributed by atoms with van der Waals surface area (Å²) in [6.45, 7) is 3.37. The number of ketones is 1. The number of benzene rings is 2. The van der Waals surface area contributed by atoms with Crippen molar-refractivity contribution in [1.29, 1.82) is 0 Å². The average Bonchev–Trinajstić information content (AvgIpc) is 3.50. The first-order valence-corrected chi connectivity index (χ1v) is 12.0. The second-order valence-corrected chi connectivity index (χ2v) is 10.2. The van der Waals surface area contributed by atoms with Crippen LogP contribution in [0, 0.1) is 5.82 Å². The Morgan fingerprint density at radius 1 is 1.22 bits per heavy atom. The lowest BCUT2D eigenvalue weighted by Crippen LogP contribution is -2.26. The van der Waals surface area contributed by atoms with E-state index in [4.69, 9.17) is 4.11 Å². The van der Waals surface area contributed by atoms with Crippen LogP contribution in [-0.2, 0) is 28.6 Å². The van der Waals surface area contributed by atoms with E-state index in [1.807, 2.05) is 0 Å². The number of aliphatic hydroxyl groups excluding tert-OH is 1. The van der Waals surface area contributed by atoms with Gasteiger partial charge in [-0.15, -0.1) is 8.78 Å². The number of Topliss-reactive ketones (excluding diaryl/α,β-unsaturated/α-hetero) is 1. The molecule has 1 aliphatic heterocycles. The van der Waals surface area contributed by atoms with Crippen molar-refractivity contribution in [3.63, 3.8) is 0 Å². The van der Waals surface area contributed by atoms with Gasteiger partial charge in [0, 0.05) is 25.7 Å². The van der Waals surface area contributed by atoms with Crippen LogP contribution >= 0.6 is 0 Å². The Kier molecular flexibility index (Phi) is 5.21. The smallest absolute Gasteiger partial charge is 0.395 e. The Bertz CT molecular complexity index is 1510. The first-order valence-electron chi connectivity index (χ1n) is 13.5. The summed E-state index contributed by atoms with van der Waals surface area (Å²) in [5.74, 6) is -1.29. The molecule has 198 valence electrons. The fourth-order valence-corrected chi connectivity index (χ4v) is 4.96. The Balaban J connectivity index is 1.50. The fraction of sp³-hybridized carbons (Fsp3) is 0.464. The van der Waals surface area contributed by atoms with Gasteiger partial charge in [0.15, 0.2) is 11.5 Å². The molecule has 1 atom stereocenters. The zero-order chi connectivity index (χ0) is 29.5. The molecule has 5 rings (SSSR count). The highest BCUT2D eigenvalue weighted by Gasteiger charge is 2.52. The number of aliphatic hydroxyl groups is 2. The van der Waals surface area contributed by atoms with Crippen LogP contribution in [0.2, 0.25) is 0 Å². The highest BCUT2D eigenvalue weighted by atomic mass is 19.3. The van der Waals surface area contributed by atoms with Crippen LogP contribution in [0.25, 0.3) is 10.9 Å². The van der Waals surface area contributed by atoms with E-state index in [2.05, 4.69) is 9.47 Å². The van der Waals surface area contributed by atoms with Crippen molar-refractivity contribution in [3.05, 3.63) is 59.0 Å². The molecule has 0 saturated heterocycles. The second-order valence-electron chi connectivity index (χ2n) is 10.2. The van der Waals surface area contributed by atoms with Gasteiger partial charge in [-0.1, -0.05) is 26.8 Å². The van der Waals surface area contributed by atoms with Crippen LogP contribution in [0.4, 0.5) is 13.2 Å². The molecule has 3 aromatic rings. The van der Waals surface area contributed by atoms with Crippen LogP contribution in [-0.4, -0.2) is 39.5 Å². The minimum atomic E-state index is -3.78. The number of nitrogens with zero attached hydrogens (tertiary/aromatic N) is 1. The third-order valence-corrected chi connectivity index (χ3v) is 7.45. The number of carbonyl (C=O) groups is 1. The number of alkyl halides is 2. The van der Waals surface area contributed by atoms with Gasteiger partial charge in [0.2, 0.25) is 0 Å². The summed E-state index contributed by atoms with van der Waals surface area (Å²) >= 11 is 0. The van der Waals surface area contributed by atoms with Gasteiger partial charge in [-0.2, -0.15) is 0 Å². The van der Waals surface area contributed by atoms with E-state index in [9.17, 15) is 23.8 Å². The Morgan fingerprint density at radius 3 is 2.57 bits per heavy atom. The standard InChI is InChI=1S/C28H30F3NO5/c1-4-26(2,3)24-10-17-9-16(20(29)13-21(17)32(24)14-19(34)15-33)11-25(35)27(7-8-27)18-5-6-22-23(12-18)37-28(30,31)36-22/h5-6,9-10,12-13,19,33-34H,4,7-8,11,14-15H2,1-3H3/t19-/m0/s1/i4D2,19D. The quantitative estimate of drug-likeness (QED) is 0.416. The molecule has 6 nitrogen and oxygen atoms in total. The van der Waals surface area contributed by atoms with E-state index >= 15 is 4.39 Å². The topological polar surface area (TPSA) is 80.9 Å². The van der Waals surface area contributed by atoms with Gasteiger partial charge in [-0.25, -0.2) is 4.39 Å². The summed E-state index contributed by atoms with van der Waals surface area (Å²) in [5.41, 5.74) is -0.861. The normalized spacial score (nSPS) is 20.7. The van der Waals surface area contributed by atoms with Crippen LogP contribution in [0.3, 0.4) is 0 Å². The van der Waals surface area contributed by atoms with Crippen LogP contribution in [0.1, 0.15) is 60.9 Å². The van der Waals surface area contributed by atoms with Crippen molar-refractivity contribution >= 4 is 16.7 Å². The lowest BCUT2D eigenvalue weighted by atomic mass is 9.86. The zero-order valence-electron chi connectivity index (χ0n) is 23.7. The molecule has 2 aliphatic rings. The summed E-state index contributed by atoms with van der Waals surface area (Å²) in [4.78, 5) is 13.5. The monoisotopic (exact) mass is 520 g/mol. The van der Waals surface area contributed by atoms with Crippen LogP contribution in [0.5, 0.6) is 11.5 Å². The van der Waals surface area contributed by atoms with E-state index in [-0.39, 0.29) is 34.8 Å². The molecular weight excluding hydrogens is 487 g/mol. The van der Waals surface area contributed by atoms with Gasteiger partial charge < -0.3 is 24.3 Å². The Hall–Kier alpha value is -3.04. The molecule has 1 aromatic heterocycles. The molecule has 9 heteroatoms. The fourth-order valence-electron chi connectivity index (χ4n) is 4.96. The zero-order valence-corrected chi connectivity index (χ0v) is 20.7. The number of ether oxygens (including phenoxy) is 2. The first-order chi connectivity index (χ1) is 18.4. The molecular formula is C28H30F3NO5. The third-order valence-electron chi connectivity index (χ3n) is 7.45. The largest absolute Gasteiger partial charge is 0.586 e. The van der Waals surface area contributed by atoms with Crippen molar-refractivity contribution in [2.75, 3.05) is 6.61 Å². The van der Waals surface area contributed by atoms with Gasteiger partial charge in [-0.05, 0) is 60.7 Å². The number of rotatable bonds is 9. The molecule has 0 radical (unpaired) electrons. The molecule has 1 fully saturated rings. The second kappa shape index (κ2) is 8.77. The molecule has 1 aliphatic carbocycles. The third kappa shape index (κ3) is 4.48. The van der Waals surface area contributed by atoms with Gasteiger partial charge in [0.25, 0.3) is 0 Å². The molecule has 1 saturated carbocycles. The van der Waals surface area contributed by atoms with Crippen molar-refractivity contribution in [1.82, 2.24) is 4.57 Å². The van der Waals surface area contributed by atoms with Crippen molar-refractivity contribution in [3.8, 4) is 11.5 Å². The van der Waals surface area contributed by atoms with E-state index in [0.717, 1.165) is 0 Å². The Labute approximate surface area is 216 Å². The predicted molar refractivity (Wildman–Crippen MR) is 131 cm³/mol. The lowest BCUT2D eigenvalue weighted by molar-refractivity contribution is -0.286. The highest BCUT2D eigenvalue weighted by molar-refractivity contribution is 5.95. The number of halogens is 3. The Morgan fingerprint density at radius 2 is 1.92 bits per heavy atom. The molecule has 2 N–H and O–H groups in total. The minimum absolute atomic E-state index is 0.0976. The van der Waals surface area contributed by atoms with E-state index in [0.29, 0.717) is 29.5 Å². The summed E-state index contributed by atoms with van der Waals surface area (Å²) in [6.07, 6.45) is -7.17. The molecule has 37 heavy (non-hydrogen) atoms. The SMILES string of the molecule is [2H]C([2H])(C)C(C)(C)c1cc2cc(CC(=O)C3(c4ccc5c(c4)OC(F)(F)O5)CC3)c(F)cc2n1C[C@]([2H])(O)CO. The number of carbonyl (C=O) groups excluding carboxylic acids is 1. The molecule has 0 unspecified atom stereocenters. The highest BCUT2D eigenvalue weighted by Crippen LogP contribution is 2.52. The summed E-state index contributed by atoms with van der Waals surface area (Å²) in [6, 6.07) is 8.52. The van der Waals surface area contributed by atoms with Crippen molar-refractivity contribution in [2.24, 2.45) is 0 Å². The lowest BCUT2D eigenvalue weighted by Gasteiger charge is -2.26. The summed E-state index contributed by atoms with van der Waals surface area (Å²) in [7, 11) is 0. The van der Waals surface area contributed by atoms with Gasteiger partial charge in [-0.3, -0.25) is 4.79 Å². The molecule has 0 bridgehead atoms. The van der Waals surface area contributed by atoms with Crippen LogP contribution < -0.4 is 9.47 Å².